The molecule has 1 aromatic heterocycles. The van der Waals surface area contributed by atoms with E-state index in [0.717, 1.165) is 0 Å². The highest BCUT2D eigenvalue weighted by atomic mass is 16.5. The Hall–Kier alpha value is -2.05. The van der Waals surface area contributed by atoms with Crippen LogP contribution in [0.4, 0.5) is 5.69 Å². The van der Waals surface area contributed by atoms with Crippen molar-refractivity contribution >= 4 is 17.6 Å². The number of hydrogen-bond acceptors (Lipinski definition) is 5. The molecule has 0 bridgehead atoms. The predicted octanol–water partition coefficient (Wildman–Crippen LogP) is -0.873. The zero-order valence-corrected chi connectivity index (χ0v) is 8.27. The van der Waals surface area contributed by atoms with Crippen molar-refractivity contribution in [2.45, 2.75) is 13.0 Å². The molecule has 1 heterocycles. The number of nitrogens with zero attached hydrogens (tertiary/aromatic N) is 2. The third kappa shape index (κ3) is 2.70. The van der Waals surface area contributed by atoms with Crippen molar-refractivity contribution in [1.82, 2.24) is 9.78 Å². The summed E-state index contributed by atoms with van der Waals surface area (Å²) < 4.78 is 5.83. The van der Waals surface area contributed by atoms with Gasteiger partial charge in [-0.3, -0.25) is 14.3 Å². The van der Waals surface area contributed by atoms with E-state index in [1.807, 2.05) is 0 Å². The lowest BCUT2D eigenvalue weighted by Gasteiger charge is -1.99. The zero-order chi connectivity index (χ0) is 11.4. The van der Waals surface area contributed by atoms with Crippen molar-refractivity contribution in [3.8, 4) is 0 Å². The third-order valence-electron chi connectivity index (χ3n) is 1.80. The van der Waals surface area contributed by atoms with Gasteiger partial charge in [0, 0.05) is 6.20 Å². The fourth-order valence-corrected chi connectivity index (χ4v) is 1.05. The van der Waals surface area contributed by atoms with E-state index >= 15 is 0 Å². The Labute approximate surface area is 86.0 Å². The summed E-state index contributed by atoms with van der Waals surface area (Å²) in [5.74, 6) is -1.05. The molecule has 0 saturated carbocycles. The van der Waals surface area contributed by atoms with E-state index in [2.05, 4.69) is 9.84 Å². The topological polar surface area (TPSA) is 113 Å². The Morgan fingerprint density at radius 1 is 1.60 bits per heavy atom. The number of esters is 1. The van der Waals surface area contributed by atoms with Crippen LogP contribution in [-0.2, 0) is 16.1 Å². The summed E-state index contributed by atoms with van der Waals surface area (Å²) in [5, 5.41) is 3.82. The number of amides is 1. The van der Waals surface area contributed by atoms with Crippen molar-refractivity contribution in [2.24, 2.45) is 5.73 Å². The van der Waals surface area contributed by atoms with Gasteiger partial charge in [0.25, 0.3) is 5.91 Å². The molecule has 4 N–H and O–H groups in total. The number of nitrogens with two attached hydrogens (primary N) is 2. The SMILES string of the molecule is COC(=O)CCn1cc(N)c(C(N)=O)n1. The molecule has 0 aromatic carbocycles. The zero-order valence-electron chi connectivity index (χ0n) is 8.27. The second kappa shape index (κ2) is 4.45. The number of methoxy groups -OCH3 is 1. The highest BCUT2D eigenvalue weighted by molar-refractivity contribution is 5.95. The summed E-state index contributed by atoms with van der Waals surface area (Å²) in [6.45, 7) is 0.296. The van der Waals surface area contributed by atoms with Crippen molar-refractivity contribution < 1.29 is 14.3 Å². The van der Waals surface area contributed by atoms with Gasteiger partial charge in [-0.2, -0.15) is 5.10 Å². The van der Waals surface area contributed by atoms with E-state index in [-0.39, 0.29) is 23.8 Å². The van der Waals surface area contributed by atoms with E-state index < -0.39 is 5.91 Å². The molecular formula is C8H12N4O3. The molecule has 0 aliphatic rings. The second-order valence-corrected chi connectivity index (χ2v) is 2.89. The molecule has 0 saturated heterocycles. The average molecular weight is 212 g/mol. The van der Waals surface area contributed by atoms with E-state index in [0.29, 0.717) is 6.54 Å². The molecule has 7 heteroatoms. The summed E-state index contributed by atoms with van der Waals surface area (Å²) in [5.41, 5.74) is 10.7. The Kier molecular flexibility index (Phi) is 3.27. The summed E-state index contributed by atoms with van der Waals surface area (Å²) in [6, 6.07) is 0. The first-order valence-corrected chi connectivity index (χ1v) is 4.24. The summed E-state index contributed by atoms with van der Waals surface area (Å²) >= 11 is 0. The number of carbonyl (C=O) groups excluding carboxylic acids is 2. The van der Waals surface area contributed by atoms with Crippen molar-refractivity contribution in [3.05, 3.63) is 11.9 Å². The summed E-state index contributed by atoms with van der Waals surface area (Å²) in [7, 11) is 1.30. The van der Waals surface area contributed by atoms with Crippen molar-refractivity contribution in [2.75, 3.05) is 12.8 Å². The minimum atomic E-state index is -0.690. The molecule has 1 aromatic rings. The van der Waals surface area contributed by atoms with Gasteiger partial charge < -0.3 is 16.2 Å². The number of primary amides is 1. The lowest BCUT2D eigenvalue weighted by atomic mass is 10.4. The van der Waals surface area contributed by atoms with E-state index in [1.165, 1.54) is 18.0 Å². The van der Waals surface area contributed by atoms with Crippen LogP contribution in [-0.4, -0.2) is 28.8 Å². The van der Waals surface area contributed by atoms with Gasteiger partial charge in [0.15, 0.2) is 5.69 Å². The molecule has 1 amide bonds. The van der Waals surface area contributed by atoms with Gasteiger partial charge in [0.1, 0.15) is 0 Å². The molecule has 7 nitrogen and oxygen atoms in total. The number of ether oxygens (including phenoxy) is 1. The van der Waals surface area contributed by atoms with Crippen LogP contribution in [0.25, 0.3) is 0 Å². The van der Waals surface area contributed by atoms with Crippen LogP contribution < -0.4 is 11.5 Å². The number of rotatable bonds is 4. The van der Waals surface area contributed by atoms with E-state index in [9.17, 15) is 9.59 Å². The average Bonchev–Trinajstić information content (AvgIpc) is 2.56. The number of aryl methyl sites for hydroxylation is 1. The van der Waals surface area contributed by atoms with Gasteiger partial charge in [-0.15, -0.1) is 0 Å². The molecule has 0 spiro atoms. The highest BCUT2D eigenvalue weighted by Gasteiger charge is 2.11. The molecule has 82 valence electrons. The summed E-state index contributed by atoms with van der Waals surface area (Å²) in [6.07, 6.45) is 1.61. The second-order valence-electron chi connectivity index (χ2n) is 2.89. The molecular weight excluding hydrogens is 200 g/mol. The first-order valence-electron chi connectivity index (χ1n) is 4.24. The van der Waals surface area contributed by atoms with Crippen LogP contribution in [0.2, 0.25) is 0 Å². The fourth-order valence-electron chi connectivity index (χ4n) is 1.05. The quantitative estimate of drug-likeness (QED) is 0.629. The first kappa shape index (κ1) is 11.0. The maximum Gasteiger partial charge on any atom is 0.307 e. The van der Waals surface area contributed by atoms with Crippen LogP contribution in [0.5, 0.6) is 0 Å². The largest absolute Gasteiger partial charge is 0.469 e. The van der Waals surface area contributed by atoms with Crippen LogP contribution >= 0.6 is 0 Å². The van der Waals surface area contributed by atoms with Gasteiger partial charge in [-0.1, -0.05) is 0 Å². The molecule has 0 aliphatic heterocycles. The molecule has 1 rings (SSSR count). The number of aromatic nitrogens is 2. The number of nitrogen functional groups attached to an aromatic ring is 1. The Balaban J connectivity index is 2.67. The normalized spacial score (nSPS) is 9.93. The van der Waals surface area contributed by atoms with Crippen molar-refractivity contribution in [3.63, 3.8) is 0 Å². The highest BCUT2D eigenvalue weighted by Crippen LogP contribution is 2.08. The molecule has 15 heavy (non-hydrogen) atoms. The molecule has 0 atom stereocenters. The number of carbonyl (C=O) groups is 2. The maximum absolute atomic E-state index is 10.8. The minimum Gasteiger partial charge on any atom is -0.469 e. The van der Waals surface area contributed by atoms with Crippen LogP contribution in [0.15, 0.2) is 6.20 Å². The van der Waals surface area contributed by atoms with Crippen LogP contribution in [0, 0.1) is 0 Å². The predicted molar refractivity (Wildman–Crippen MR) is 51.8 cm³/mol. The van der Waals surface area contributed by atoms with E-state index in [4.69, 9.17) is 11.5 Å². The van der Waals surface area contributed by atoms with Crippen LogP contribution in [0.3, 0.4) is 0 Å². The fraction of sp³-hybridized carbons (Fsp3) is 0.375. The van der Waals surface area contributed by atoms with Gasteiger partial charge in [-0.25, -0.2) is 0 Å². The molecule has 0 fully saturated rings. The van der Waals surface area contributed by atoms with Gasteiger partial charge in [0.2, 0.25) is 0 Å². The smallest absolute Gasteiger partial charge is 0.307 e. The molecule has 0 radical (unpaired) electrons. The molecule has 0 aliphatic carbocycles. The monoisotopic (exact) mass is 212 g/mol. The first-order chi connectivity index (χ1) is 7.04. The number of anilines is 1. The third-order valence-corrected chi connectivity index (χ3v) is 1.80. The lowest BCUT2D eigenvalue weighted by Crippen LogP contribution is -2.14. The Bertz CT molecular complexity index is 385. The lowest BCUT2D eigenvalue weighted by molar-refractivity contribution is -0.140. The van der Waals surface area contributed by atoms with Gasteiger partial charge >= 0.3 is 5.97 Å². The van der Waals surface area contributed by atoms with Crippen LogP contribution in [0.1, 0.15) is 16.9 Å². The van der Waals surface area contributed by atoms with E-state index in [1.54, 1.807) is 0 Å². The van der Waals surface area contributed by atoms with Gasteiger partial charge in [-0.05, 0) is 0 Å². The Morgan fingerprint density at radius 2 is 2.27 bits per heavy atom. The Morgan fingerprint density at radius 3 is 2.73 bits per heavy atom. The molecule has 0 unspecified atom stereocenters. The summed E-state index contributed by atoms with van der Waals surface area (Å²) in [4.78, 5) is 21.6. The standard InChI is InChI=1S/C8H12N4O3/c1-15-6(13)2-3-12-4-5(9)7(11-12)8(10)14/h4H,2-3,9H2,1H3,(H2,10,14). The van der Waals surface area contributed by atoms with Crippen molar-refractivity contribution in [1.29, 1.82) is 0 Å². The van der Waals surface area contributed by atoms with Gasteiger partial charge in [0.05, 0.1) is 25.8 Å². The minimum absolute atomic E-state index is 0.0138. The number of hydrogen-bond donors (Lipinski definition) is 2. The maximum atomic E-state index is 10.8.